The second-order valence-electron chi connectivity index (χ2n) is 5.45. The lowest BCUT2D eigenvalue weighted by Crippen LogP contribution is -2.12. The van der Waals surface area contributed by atoms with Gasteiger partial charge in [0.2, 0.25) is 5.78 Å². The van der Waals surface area contributed by atoms with Crippen LogP contribution in [0.1, 0.15) is 21.5 Å². The van der Waals surface area contributed by atoms with Crippen LogP contribution in [-0.2, 0) is 0 Å². The smallest absolute Gasteiger partial charge is 0.203 e. The van der Waals surface area contributed by atoms with Crippen molar-refractivity contribution in [2.75, 3.05) is 6.61 Å². The van der Waals surface area contributed by atoms with E-state index in [1.54, 1.807) is 31.2 Å². The number of carbonyl (C=O) groups is 1. The molecule has 0 aliphatic carbocycles. The Bertz CT molecular complexity index is 830. The molecule has 0 aromatic heterocycles. The fraction of sp³-hybridized carbons (Fsp3) is 0.0952. The summed E-state index contributed by atoms with van der Waals surface area (Å²) in [6.45, 7) is 8.86. The van der Waals surface area contributed by atoms with Gasteiger partial charge in [-0.25, -0.2) is 0 Å². The first-order valence-electron chi connectivity index (χ1n) is 7.70. The van der Waals surface area contributed by atoms with Gasteiger partial charge < -0.3 is 14.9 Å². The molecule has 0 radical (unpaired) electrons. The summed E-state index contributed by atoms with van der Waals surface area (Å²) >= 11 is 0. The molecule has 0 saturated carbocycles. The van der Waals surface area contributed by atoms with Gasteiger partial charge in [-0.1, -0.05) is 43.5 Å². The summed E-state index contributed by atoms with van der Waals surface area (Å²) in [7, 11) is 0. The molecule has 0 bridgehead atoms. The van der Waals surface area contributed by atoms with Crippen LogP contribution in [-0.4, -0.2) is 22.6 Å². The lowest BCUT2D eigenvalue weighted by molar-refractivity contribution is 0.0918. The Morgan fingerprint density at radius 1 is 1.12 bits per heavy atom. The van der Waals surface area contributed by atoms with Gasteiger partial charge in [-0.2, -0.15) is 0 Å². The third kappa shape index (κ3) is 4.38. The van der Waals surface area contributed by atoms with Gasteiger partial charge in [0.05, 0.1) is 5.56 Å². The predicted octanol–water partition coefficient (Wildman–Crippen LogP) is 4.42. The van der Waals surface area contributed by atoms with Crippen LogP contribution in [0, 0.1) is 6.92 Å². The summed E-state index contributed by atoms with van der Waals surface area (Å²) in [5, 5.41) is 19.3. The van der Waals surface area contributed by atoms with Crippen molar-refractivity contribution in [2.45, 2.75) is 6.92 Å². The SMILES string of the molecule is C=C/C=C(\C=C)c1ccc(OCC(=O)c2cc(C)c(O)cc2O)cc1. The van der Waals surface area contributed by atoms with Gasteiger partial charge in [0, 0.05) is 6.07 Å². The van der Waals surface area contributed by atoms with E-state index < -0.39 is 0 Å². The Hall–Kier alpha value is -3.27. The van der Waals surface area contributed by atoms with Crippen LogP contribution in [0.5, 0.6) is 17.2 Å². The first-order chi connectivity index (χ1) is 12.0. The molecule has 2 aromatic rings. The van der Waals surface area contributed by atoms with Gasteiger partial charge in [-0.15, -0.1) is 0 Å². The molecule has 0 aliphatic rings. The number of hydrogen-bond acceptors (Lipinski definition) is 4. The second kappa shape index (κ2) is 8.02. The fourth-order valence-corrected chi connectivity index (χ4v) is 2.29. The van der Waals surface area contributed by atoms with Crippen LogP contribution >= 0.6 is 0 Å². The molecule has 0 aliphatic heterocycles. The van der Waals surface area contributed by atoms with Gasteiger partial charge in [-0.05, 0) is 41.8 Å². The Labute approximate surface area is 147 Å². The fourth-order valence-electron chi connectivity index (χ4n) is 2.29. The summed E-state index contributed by atoms with van der Waals surface area (Å²) in [4.78, 5) is 12.2. The molecule has 0 saturated heterocycles. The third-order valence-corrected chi connectivity index (χ3v) is 3.69. The highest BCUT2D eigenvalue weighted by Gasteiger charge is 2.14. The Balaban J connectivity index is 2.08. The molecule has 0 unspecified atom stereocenters. The number of hydrogen-bond donors (Lipinski definition) is 2. The van der Waals surface area contributed by atoms with Crippen LogP contribution in [0.15, 0.2) is 67.8 Å². The quantitative estimate of drug-likeness (QED) is 0.580. The molecule has 0 fully saturated rings. The van der Waals surface area contributed by atoms with Crippen molar-refractivity contribution >= 4 is 11.4 Å². The van der Waals surface area contributed by atoms with E-state index in [-0.39, 0.29) is 29.5 Å². The van der Waals surface area contributed by atoms with Crippen LogP contribution in [0.2, 0.25) is 0 Å². The number of ether oxygens (including phenoxy) is 1. The Morgan fingerprint density at radius 3 is 2.40 bits per heavy atom. The highest BCUT2D eigenvalue weighted by Crippen LogP contribution is 2.27. The highest BCUT2D eigenvalue weighted by atomic mass is 16.5. The van der Waals surface area contributed by atoms with Crippen LogP contribution in [0.3, 0.4) is 0 Å². The number of benzene rings is 2. The second-order valence-corrected chi connectivity index (χ2v) is 5.45. The van der Waals surface area contributed by atoms with Gasteiger partial charge >= 0.3 is 0 Å². The standard InChI is InChI=1S/C21H20O4/c1-4-6-15(5-2)16-7-9-17(10-8-16)25-13-21(24)18-11-14(3)19(22)12-20(18)23/h4-12,22-23H,1-2,13H2,3H3/b15-6+. The maximum absolute atomic E-state index is 12.2. The first-order valence-corrected chi connectivity index (χ1v) is 7.70. The minimum atomic E-state index is -0.372. The molecule has 0 atom stereocenters. The number of aryl methyl sites for hydroxylation is 1. The van der Waals surface area contributed by atoms with Crippen LogP contribution < -0.4 is 4.74 Å². The highest BCUT2D eigenvalue weighted by molar-refractivity contribution is 6.00. The number of allylic oxidation sites excluding steroid dienone is 4. The number of Topliss-reactive ketones (excluding diaryl/α,β-unsaturated/α-hetero) is 1. The number of phenols is 2. The van der Waals surface area contributed by atoms with E-state index in [9.17, 15) is 15.0 Å². The minimum Gasteiger partial charge on any atom is -0.508 e. The maximum atomic E-state index is 12.2. The van der Waals surface area contributed by atoms with E-state index >= 15 is 0 Å². The minimum absolute atomic E-state index is 0.0591. The Kier molecular flexibility index (Phi) is 5.79. The number of phenolic OH excluding ortho intramolecular Hbond substituents is 2. The topological polar surface area (TPSA) is 66.8 Å². The molecule has 4 heteroatoms. The lowest BCUT2D eigenvalue weighted by Gasteiger charge is -2.09. The molecule has 4 nitrogen and oxygen atoms in total. The van der Waals surface area contributed by atoms with Crippen molar-refractivity contribution in [3.8, 4) is 17.2 Å². The van der Waals surface area contributed by atoms with Crippen molar-refractivity contribution < 1.29 is 19.7 Å². The van der Waals surface area contributed by atoms with E-state index in [0.29, 0.717) is 11.3 Å². The summed E-state index contributed by atoms with van der Waals surface area (Å²) < 4.78 is 5.49. The number of ketones is 1. The lowest BCUT2D eigenvalue weighted by atomic mass is 10.1. The summed E-state index contributed by atoms with van der Waals surface area (Å²) in [5.41, 5.74) is 2.52. The van der Waals surface area contributed by atoms with Gasteiger partial charge in [0.1, 0.15) is 17.2 Å². The zero-order valence-electron chi connectivity index (χ0n) is 14.0. The van der Waals surface area contributed by atoms with Crippen molar-refractivity contribution in [1.29, 1.82) is 0 Å². The maximum Gasteiger partial charge on any atom is 0.203 e. The number of carbonyl (C=O) groups excluding carboxylic acids is 1. The van der Waals surface area contributed by atoms with Crippen molar-refractivity contribution in [3.05, 3.63) is 84.5 Å². The van der Waals surface area contributed by atoms with E-state index in [0.717, 1.165) is 17.2 Å². The van der Waals surface area contributed by atoms with Crippen molar-refractivity contribution in [3.63, 3.8) is 0 Å². The number of rotatable bonds is 7. The molecule has 0 amide bonds. The van der Waals surface area contributed by atoms with E-state index in [4.69, 9.17) is 4.74 Å². The molecule has 2 aromatic carbocycles. The predicted molar refractivity (Wildman–Crippen MR) is 99.1 cm³/mol. The Morgan fingerprint density at radius 2 is 1.80 bits per heavy atom. The monoisotopic (exact) mass is 336 g/mol. The number of aromatic hydroxyl groups is 2. The van der Waals surface area contributed by atoms with E-state index in [1.807, 2.05) is 18.2 Å². The zero-order valence-corrected chi connectivity index (χ0v) is 14.0. The molecule has 128 valence electrons. The van der Waals surface area contributed by atoms with E-state index in [1.165, 1.54) is 6.07 Å². The van der Waals surface area contributed by atoms with E-state index in [2.05, 4.69) is 13.2 Å². The summed E-state index contributed by atoms with van der Waals surface area (Å²) in [5.74, 6) is -0.162. The molecular formula is C21H20O4. The molecular weight excluding hydrogens is 316 g/mol. The van der Waals surface area contributed by atoms with Crippen LogP contribution in [0.4, 0.5) is 0 Å². The van der Waals surface area contributed by atoms with Gasteiger partial charge in [0.25, 0.3) is 0 Å². The van der Waals surface area contributed by atoms with Crippen LogP contribution in [0.25, 0.3) is 5.57 Å². The average Bonchev–Trinajstić information content (AvgIpc) is 2.61. The van der Waals surface area contributed by atoms with Gasteiger partial charge in [-0.3, -0.25) is 4.79 Å². The summed E-state index contributed by atoms with van der Waals surface area (Å²) in [6, 6.07) is 9.82. The third-order valence-electron chi connectivity index (χ3n) is 3.69. The molecule has 2 N–H and O–H groups in total. The molecule has 25 heavy (non-hydrogen) atoms. The average molecular weight is 336 g/mol. The largest absolute Gasteiger partial charge is 0.508 e. The zero-order chi connectivity index (χ0) is 18.4. The molecule has 0 heterocycles. The molecule has 2 rings (SSSR count). The van der Waals surface area contributed by atoms with Crippen molar-refractivity contribution in [2.24, 2.45) is 0 Å². The first kappa shape index (κ1) is 18.1. The molecule has 0 spiro atoms. The van der Waals surface area contributed by atoms with Crippen molar-refractivity contribution in [1.82, 2.24) is 0 Å². The summed E-state index contributed by atoms with van der Waals surface area (Å²) in [6.07, 6.45) is 5.27. The van der Waals surface area contributed by atoms with Gasteiger partial charge in [0.15, 0.2) is 6.61 Å². The normalized spacial score (nSPS) is 11.0.